The lowest BCUT2D eigenvalue weighted by Gasteiger charge is -2.26. The molecule has 0 radical (unpaired) electrons. The third-order valence-electron chi connectivity index (χ3n) is 6.08. The number of carbonyl (C=O) groups excluding carboxylic acids is 5. The molecule has 2 aromatic rings. The monoisotopic (exact) mass is 584 g/mol. The molecular formula is C29H36N4O9. The molecule has 0 spiro atoms. The average Bonchev–Trinajstić information content (AvgIpc) is 2.95. The summed E-state index contributed by atoms with van der Waals surface area (Å²) in [4.78, 5) is 73.4. The van der Waals surface area contributed by atoms with Gasteiger partial charge in [-0.25, -0.2) is 4.79 Å². The second-order valence-electron chi connectivity index (χ2n) is 9.94. The Kier molecular flexibility index (Phi) is 13.0. The van der Waals surface area contributed by atoms with Gasteiger partial charge in [-0.15, -0.1) is 0 Å². The fourth-order valence-corrected chi connectivity index (χ4v) is 3.77. The fraction of sp³-hybridized carbons (Fsp3) is 0.379. The van der Waals surface area contributed by atoms with Gasteiger partial charge in [0.2, 0.25) is 17.7 Å². The Hall–Kier alpha value is -4.94. The highest BCUT2D eigenvalue weighted by Crippen LogP contribution is 2.13. The van der Waals surface area contributed by atoms with Crippen molar-refractivity contribution in [1.82, 2.24) is 21.3 Å². The smallest absolute Gasteiger partial charge is 0.408 e. The maximum atomic E-state index is 13.4. The Morgan fingerprint density at radius 3 is 2.02 bits per heavy atom. The second kappa shape index (κ2) is 16.4. The predicted molar refractivity (Wildman–Crippen MR) is 150 cm³/mol. The molecule has 0 unspecified atom stereocenters. The van der Waals surface area contributed by atoms with E-state index in [1.54, 1.807) is 50.2 Å². The van der Waals surface area contributed by atoms with Crippen molar-refractivity contribution in [2.24, 2.45) is 5.92 Å². The van der Waals surface area contributed by atoms with Gasteiger partial charge in [0.1, 0.15) is 36.8 Å². The van der Waals surface area contributed by atoms with Crippen LogP contribution in [0.3, 0.4) is 0 Å². The van der Waals surface area contributed by atoms with E-state index in [0.717, 1.165) is 5.56 Å². The molecule has 0 aliphatic carbocycles. The molecule has 42 heavy (non-hydrogen) atoms. The van der Waals surface area contributed by atoms with Crippen LogP contribution in [0.15, 0.2) is 54.6 Å². The second-order valence-corrected chi connectivity index (χ2v) is 9.94. The van der Waals surface area contributed by atoms with Crippen molar-refractivity contribution in [2.75, 3.05) is 0 Å². The summed E-state index contributed by atoms with van der Waals surface area (Å²) in [5, 5.41) is 28.3. The van der Waals surface area contributed by atoms with Gasteiger partial charge in [0.25, 0.3) is 0 Å². The zero-order valence-electron chi connectivity index (χ0n) is 23.5. The normalized spacial score (nSPS) is 13.5. The van der Waals surface area contributed by atoms with Crippen LogP contribution in [0.5, 0.6) is 5.75 Å². The van der Waals surface area contributed by atoms with Crippen LogP contribution in [0.2, 0.25) is 0 Å². The predicted octanol–water partition coefficient (Wildman–Crippen LogP) is 1.03. The first-order valence-electron chi connectivity index (χ1n) is 13.2. The highest BCUT2D eigenvalue weighted by atomic mass is 16.5. The lowest BCUT2D eigenvalue weighted by Crippen LogP contribution is -2.58. The number of nitrogens with one attached hydrogen (secondary N) is 4. The number of phenolic OH excluding ortho intramolecular Hbond substituents is 1. The number of hydrogen-bond acceptors (Lipinski definition) is 8. The number of ether oxygens (including phenoxy) is 1. The van der Waals surface area contributed by atoms with Crippen molar-refractivity contribution in [3.8, 4) is 5.75 Å². The fourth-order valence-electron chi connectivity index (χ4n) is 3.77. The van der Waals surface area contributed by atoms with E-state index in [9.17, 15) is 33.9 Å². The molecule has 0 aliphatic rings. The van der Waals surface area contributed by atoms with Crippen LogP contribution in [0.1, 0.15) is 38.3 Å². The molecule has 13 heteroatoms. The molecule has 0 bridgehead atoms. The van der Waals surface area contributed by atoms with E-state index in [0.29, 0.717) is 5.56 Å². The third-order valence-corrected chi connectivity index (χ3v) is 6.08. The number of aliphatic carboxylic acids is 1. The van der Waals surface area contributed by atoms with Gasteiger partial charge in [-0.05, 0) is 36.1 Å². The van der Waals surface area contributed by atoms with E-state index >= 15 is 0 Å². The van der Waals surface area contributed by atoms with Crippen LogP contribution in [-0.2, 0) is 41.7 Å². The molecule has 226 valence electrons. The number of amides is 4. The van der Waals surface area contributed by atoms with Gasteiger partial charge in [0.15, 0.2) is 0 Å². The minimum atomic E-state index is -1.29. The lowest BCUT2D eigenvalue weighted by molar-refractivity contribution is -0.139. The summed E-state index contributed by atoms with van der Waals surface area (Å²) in [7, 11) is 0. The Bertz CT molecular complexity index is 1240. The number of hydrogen-bond donors (Lipinski definition) is 6. The standard InChI is InChI=1S/C29H36N4O9/c1-17(2)25(28(40)30-18(3)26(38)31-21(15-34)14-24(36)37)33-27(39)23(13-19-9-11-22(35)12-10-19)32-29(41)42-16-20-7-5-4-6-8-20/h4-12,15,17-18,21,23,25,35H,13-14,16H2,1-3H3,(H,30,40)(H,31,38)(H,32,41)(H,33,39)(H,36,37)/t18-,21-,23-,25-/m0/s1. The maximum Gasteiger partial charge on any atom is 0.408 e. The molecule has 4 atom stereocenters. The molecule has 0 heterocycles. The summed E-state index contributed by atoms with van der Waals surface area (Å²) in [5.41, 5.74) is 1.35. The minimum absolute atomic E-state index is 0.00839. The molecule has 0 aromatic heterocycles. The SMILES string of the molecule is CC(C)[C@H](NC(=O)[C@H](Cc1ccc(O)cc1)NC(=O)OCc1ccccc1)C(=O)N[C@@H](C)C(=O)N[C@H](C=O)CC(=O)O. The molecule has 2 rings (SSSR count). The van der Waals surface area contributed by atoms with Crippen LogP contribution < -0.4 is 21.3 Å². The van der Waals surface area contributed by atoms with Crippen LogP contribution in [-0.4, -0.2) is 70.5 Å². The molecule has 2 aromatic carbocycles. The number of carbonyl (C=O) groups is 6. The van der Waals surface area contributed by atoms with Gasteiger partial charge in [0.05, 0.1) is 12.5 Å². The van der Waals surface area contributed by atoms with Crippen molar-refractivity contribution >= 4 is 36.1 Å². The average molecular weight is 585 g/mol. The van der Waals surface area contributed by atoms with Crippen LogP contribution >= 0.6 is 0 Å². The van der Waals surface area contributed by atoms with E-state index in [-0.39, 0.29) is 25.1 Å². The Balaban J connectivity index is 2.11. The molecule has 0 saturated heterocycles. The summed E-state index contributed by atoms with van der Waals surface area (Å²) in [6.45, 7) is 4.64. The van der Waals surface area contributed by atoms with Crippen LogP contribution in [0, 0.1) is 5.92 Å². The number of carboxylic acids is 1. The Labute approximate surface area is 243 Å². The molecule has 4 amide bonds. The highest BCUT2D eigenvalue weighted by Gasteiger charge is 2.31. The highest BCUT2D eigenvalue weighted by molar-refractivity contribution is 5.94. The Morgan fingerprint density at radius 1 is 0.810 bits per heavy atom. The third kappa shape index (κ3) is 11.3. The molecule has 6 N–H and O–H groups in total. The van der Waals surface area contributed by atoms with Gasteiger partial charge < -0.3 is 41.0 Å². The van der Waals surface area contributed by atoms with Crippen LogP contribution in [0.25, 0.3) is 0 Å². The molecular weight excluding hydrogens is 548 g/mol. The summed E-state index contributed by atoms with van der Waals surface area (Å²) in [6, 6.07) is 10.2. The van der Waals surface area contributed by atoms with Crippen molar-refractivity contribution in [3.63, 3.8) is 0 Å². The first-order chi connectivity index (χ1) is 19.9. The zero-order chi connectivity index (χ0) is 31.2. The van der Waals surface area contributed by atoms with Gasteiger partial charge >= 0.3 is 12.1 Å². The summed E-state index contributed by atoms with van der Waals surface area (Å²) in [6.07, 6.45) is -1.19. The molecule has 0 saturated carbocycles. The topological polar surface area (TPSA) is 200 Å². The summed E-state index contributed by atoms with van der Waals surface area (Å²) in [5.74, 6) is -3.91. The number of carboxylic acid groups (broad SMARTS) is 1. The van der Waals surface area contributed by atoms with Crippen LogP contribution in [0.4, 0.5) is 4.79 Å². The van der Waals surface area contributed by atoms with E-state index in [1.807, 2.05) is 6.07 Å². The van der Waals surface area contributed by atoms with Crippen molar-refractivity contribution < 1.29 is 43.7 Å². The minimum Gasteiger partial charge on any atom is -0.508 e. The molecule has 0 fully saturated rings. The summed E-state index contributed by atoms with van der Waals surface area (Å²) < 4.78 is 5.25. The molecule has 0 aliphatic heterocycles. The van der Waals surface area contributed by atoms with Crippen molar-refractivity contribution in [3.05, 3.63) is 65.7 Å². The zero-order valence-corrected chi connectivity index (χ0v) is 23.5. The Morgan fingerprint density at radius 2 is 1.45 bits per heavy atom. The van der Waals surface area contributed by atoms with E-state index < -0.39 is 66.3 Å². The van der Waals surface area contributed by atoms with Crippen molar-refractivity contribution in [1.29, 1.82) is 0 Å². The largest absolute Gasteiger partial charge is 0.508 e. The lowest BCUT2D eigenvalue weighted by atomic mass is 10.0. The number of rotatable bonds is 15. The quantitative estimate of drug-likeness (QED) is 0.165. The number of phenols is 1. The first-order valence-corrected chi connectivity index (χ1v) is 13.2. The van der Waals surface area contributed by atoms with E-state index in [2.05, 4.69) is 21.3 Å². The van der Waals surface area contributed by atoms with Crippen molar-refractivity contribution in [2.45, 2.75) is 64.4 Å². The first kappa shape index (κ1) is 33.3. The van der Waals surface area contributed by atoms with Gasteiger partial charge in [-0.1, -0.05) is 56.3 Å². The van der Waals surface area contributed by atoms with Gasteiger partial charge in [0, 0.05) is 6.42 Å². The van der Waals surface area contributed by atoms with E-state index in [1.165, 1.54) is 19.1 Å². The number of alkyl carbamates (subject to hydrolysis) is 1. The maximum absolute atomic E-state index is 13.4. The number of aromatic hydroxyl groups is 1. The summed E-state index contributed by atoms with van der Waals surface area (Å²) >= 11 is 0. The van der Waals surface area contributed by atoms with Gasteiger partial charge in [-0.3, -0.25) is 19.2 Å². The van der Waals surface area contributed by atoms with E-state index in [4.69, 9.17) is 9.84 Å². The number of benzene rings is 2. The number of aldehydes is 1. The van der Waals surface area contributed by atoms with Gasteiger partial charge in [-0.2, -0.15) is 0 Å². The molecule has 13 nitrogen and oxygen atoms in total.